The lowest BCUT2D eigenvalue weighted by Crippen LogP contribution is -2.46. The summed E-state index contributed by atoms with van der Waals surface area (Å²) in [7, 11) is -3.79. The first-order valence-corrected chi connectivity index (χ1v) is 12.2. The van der Waals surface area contributed by atoms with Gasteiger partial charge >= 0.3 is 0 Å². The minimum Gasteiger partial charge on any atom is -0.490 e. The number of ether oxygens (including phenoxy) is 1. The van der Waals surface area contributed by atoms with E-state index in [2.05, 4.69) is 17.1 Å². The Labute approximate surface area is 189 Å². The second-order valence-corrected chi connectivity index (χ2v) is 9.51. The van der Waals surface area contributed by atoms with Gasteiger partial charge in [0.25, 0.3) is 5.91 Å². The fraction of sp³-hybridized carbons (Fsp3) is 0.333. The molecule has 0 bridgehead atoms. The highest BCUT2D eigenvalue weighted by molar-refractivity contribution is 7.89. The van der Waals surface area contributed by atoms with E-state index in [9.17, 15) is 13.2 Å². The number of amides is 1. The molecule has 0 aliphatic heterocycles. The lowest BCUT2D eigenvalue weighted by Gasteiger charge is -2.32. The Balaban J connectivity index is 1.66. The standard InChI is InChI=1S/C24H29N3O4S/c1-2-17-31-22-15-13-20(14-16-22)18-25-26-24(28)19-27(21-9-5-3-6-10-21)32(29,30)23-11-7-4-8-12-23/h2,4,7-8,11-16,18,21H,1,3,5-6,9-10,17,19H2,(H,26,28)/b25-18+. The van der Waals surface area contributed by atoms with Crippen molar-refractivity contribution < 1.29 is 17.9 Å². The van der Waals surface area contributed by atoms with Crippen molar-refractivity contribution in [3.8, 4) is 5.75 Å². The Morgan fingerprint density at radius 1 is 1.09 bits per heavy atom. The van der Waals surface area contributed by atoms with Crippen LogP contribution in [0.3, 0.4) is 0 Å². The van der Waals surface area contributed by atoms with Crippen LogP contribution < -0.4 is 10.2 Å². The molecular formula is C24H29N3O4S. The van der Waals surface area contributed by atoms with Crippen molar-refractivity contribution in [1.29, 1.82) is 0 Å². The number of rotatable bonds is 10. The summed E-state index contributed by atoms with van der Waals surface area (Å²) in [6.07, 6.45) is 7.68. The van der Waals surface area contributed by atoms with Gasteiger partial charge in [-0.1, -0.05) is 50.1 Å². The number of hydrogen-bond donors (Lipinski definition) is 1. The quantitative estimate of drug-likeness (QED) is 0.336. The van der Waals surface area contributed by atoms with Gasteiger partial charge in [0.1, 0.15) is 12.4 Å². The van der Waals surface area contributed by atoms with Crippen molar-refractivity contribution in [3.63, 3.8) is 0 Å². The minimum absolute atomic E-state index is 0.188. The van der Waals surface area contributed by atoms with Crippen molar-refractivity contribution in [2.45, 2.75) is 43.0 Å². The van der Waals surface area contributed by atoms with Crippen LogP contribution in [0, 0.1) is 0 Å². The van der Waals surface area contributed by atoms with Gasteiger partial charge in [-0.3, -0.25) is 4.79 Å². The highest BCUT2D eigenvalue weighted by Crippen LogP contribution is 2.27. The first-order valence-electron chi connectivity index (χ1n) is 10.7. The molecule has 1 amide bonds. The molecule has 0 saturated heterocycles. The van der Waals surface area contributed by atoms with Gasteiger partial charge in [-0.2, -0.15) is 9.41 Å². The van der Waals surface area contributed by atoms with E-state index in [1.165, 1.54) is 10.5 Å². The second-order valence-electron chi connectivity index (χ2n) is 7.62. The van der Waals surface area contributed by atoms with Crippen molar-refractivity contribution in [2.75, 3.05) is 13.2 Å². The van der Waals surface area contributed by atoms with Crippen LogP contribution in [0.4, 0.5) is 0 Å². The third-order valence-electron chi connectivity index (χ3n) is 5.28. The number of carbonyl (C=O) groups is 1. The topological polar surface area (TPSA) is 88.1 Å². The van der Waals surface area contributed by atoms with E-state index in [1.807, 2.05) is 12.1 Å². The summed E-state index contributed by atoms with van der Waals surface area (Å²) in [4.78, 5) is 12.8. The number of benzene rings is 2. The number of sulfonamides is 1. The van der Waals surface area contributed by atoms with Gasteiger partial charge in [-0.25, -0.2) is 13.8 Å². The van der Waals surface area contributed by atoms with Crippen LogP contribution in [0.25, 0.3) is 0 Å². The summed E-state index contributed by atoms with van der Waals surface area (Å²) in [5.41, 5.74) is 3.23. The van der Waals surface area contributed by atoms with Crippen molar-refractivity contribution in [2.24, 2.45) is 5.10 Å². The summed E-state index contributed by atoms with van der Waals surface area (Å²) in [6, 6.07) is 15.3. The van der Waals surface area contributed by atoms with Crippen molar-refractivity contribution >= 4 is 22.1 Å². The highest BCUT2D eigenvalue weighted by Gasteiger charge is 2.33. The van der Waals surface area contributed by atoms with Gasteiger partial charge in [0.2, 0.25) is 10.0 Å². The molecule has 0 aromatic heterocycles. The number of carbonyl (C=O) groups excluding carboxylic acids is 1. The van der Waals surface area contributed by atoms with E-state index < -0.39 is 15.9 Å². The zero-order valence-corrected chi connectivity index (χ0v) is 18.8. The molecule has 7 nitrogen and oxygen atoms in total. The van der Waals surface area contributed by atoms with Crippen LogP contribution in [0.15, 0.2) is 77.2 Å². The maximum absolute atomic E-state index is 13.3. The first-order chi connectivity index (χ1) is 15.5. The molecule has 8 heteroatoms. The molecule has 0 radical (unpaired) electrons. The molecule has 0 atom stereocenters. The average Bonchev–Trinajstić information content (AvgIpc) is 2.83. The van der Waals surface area contributed by atoms with Gasteiger partial charge in [0, 0.05) is 6.04 Å². The summed E-state index contributed by atoms with van der Waals surface area (Å²) in [5, 5.41) is 3.98. The monoisotopic (exact) mass is 455 g/mol. The Hall–Kier alpha value is -2.97. The van der Waals surface area contributed by atoms with Crippen LogP contribution in [-0.2, 0) is 14.8 Å². The molecule has 32 heavy (non-hydrogen) atoms. The number of nitrogens with one attached hydrogen (secondary N) is 1. The van der Waals surface area contributed by atoms with Crippen LogP contribution in [0.2, 0.25) is 0 Å². The van der Waals surface area contributed by atoms with E-state index >= 15 is 0 Å². The number of hydrogen-bond acceptors (Lipinski definition) is 5. The first kappa shape index (κ1) is 23.7. The highest BCUT2D eigenvalue weighted by atomic mass is 32.2. The van der Waals surface area contributed by atoms with Gasteiger partial charge in [-0.05, 0) is 54.8 Å². The fourth-order valence-corrected chi connectivity index (χ4v) is 5.33. The lowest BCUT2D eigenvalue weighted by atomic mass is 9.95. The minimum atomic E-state index is -3.79. The zero-order chi connectivity index (χ0) is 22.8. The van der Waals surface area contributed by atoms with E-state index in [-0.39, 0.29) is 17.5 Å². The van der Waals surface area contributed by atoms with Gasteiger partial charge in [-0.15, -0.1) is 0 Å². The molecule has 0 heterocycles. The Kier molecular flexibility index (Phi) is 8.58. The largest absolute Gasteiger partial charge is 0.490 e. The molecular weight excluding hydrogens is 426 g/mol. The van der Waals surface area contributed by atoms with Gasteiger partial charge in [0.15, 0.2) is 0 Å². The van der Waals surface area contributed by atoms with E-state index in [4.69, 9.17) is 4.74 Å². The molecule has 0 spiro atoms. The smallest absolute Gasteiger partial charge is 0.255 e. The Morgan fingerprint density at radius 3 is 2.44 bits per heavy atom. The predicted molar refractivity (Wildman–Crippen MR) is 125 cm³/mol. The molecule has 1 aliphatic rings. The van der Waals surface area contributed by atoms with Crippen LogP contribution in [0.5, 0.6) is 5.75 Å². The molecule has 2 aromatic rings. The Bertz CT molecular complexity index is 1010. The van der Waals surface area contributed by atoms with Crippen LogP contribution >= 0.6 is 0 Å². The van der Waals surface area contributed by atoms with Crippen molar-refractivity contribution in [1.82, 2.24) is 9.73 Å². The maximum Gasteiger partial charge on any atom is 0.255 e. The molecule has 1 aliphatic carbocycles. The second kappa shape index (κ2) is 11.6. The molecule has 3 rings (SSSR count). The third-order valence-corrected chi connectivity index (χ3v) is 7.19. The molecule has 2 aromatic carbocycles. The molecule has 1 N–H and O–H groups in total. The molecule has 0 unspecified atom stereocenters. The molecule has 170 valence electrons. The summed E-state index contributed by atoms with van der Waals surface area (Å²) < 4.78 is 33.3. The van der Waals surface area contributed by atoms with Gasteiger partial charge in [0.05, 0.1) is 17.7 Å². The Morgan fingerprint density at radius 2 is 1.78 bits per heavy atom. The normalized spacial score (nSPS) is 15.0. The maximum atomic E-state index is 13.3. The third kappa shape index (κ3) is 6.51. The summed E-state index contributed by atoms with van der Waals surface area (Å²) in [6.45, 7) is 3.76. The van der Waals surface area contributed by atoms with E-state index in [0.717, 1.165) is 37.7 Å². The van der Waals surface area contributed by atoms with Crippen molar-refractivity contribution in [3.05, 3.63) is 72.8 Å². The fourth-order valence-electron chi connectivity index (χ4n) is 3.67. The van der Waals surface area contributed by atoms with E-state index in [1.54, 1.807) is 48.5 Å². The molecule has 1 saturated carbocycles. The van der Waals surface area contributed by atoms with Crippen LogP contribution in [0.1, 0.15) is 37.7 Å². The van der Waals surface area contributed by atoms with Crippen LogP contribution in [-0.4, -0.2) is 44.0 Å². The number of hydrazone groups is 1. The summed E-state index contributed by atoms with van der Waals surface area (Å²) in [5.74, 6) is 0.234. The van der Waals surface area contributed by atoms with Gasteiger partial charge < -0.3 is 4.74 Å². The predicted octanol–water partition coefficient (Wildman–Crippen LogP) is 3.73. The number of nitrogens with zero attached hydrogens (tertiary/aromatic N) is 2. The zero-order valence-electron chi connectivity index (χ0n) is 18.0. The SMILES string of the molecule is C=CCOc1ccc(/C=N/NC(=O)CN(C2CCCCC2)S(=O)(=O)c2ccccc2)cc1. The average molecular weight is 456 g/mol. The molecule has 1 fully saturated rings. The summed E-state index contributed by atoms with van der Waals surface area (Å²) >= 11 is 0. The lowest BCUT2D eigenvalue weighted by molar-refractivity contribution is -0.121. The van der Waals surface area contributed by atoms with E-state index in [0.29, 0.717) is 12.4 Å².